The standard InChI is InChI=1S/C26H26N4OS.ClH/c1-30-16-14-20(15-17-30)31-24-9-5-8-23-25(24)26(28-18-27-23)29-19-10-12-22(13-11-19)32-21-6-3-2-4-7-21;/h2-13,18,20H,14-17H2,1H3,(H,27,28,29);1H. The van der Waals surface area contributed by atoms with Gasteiger partial charge in [-0.2, -0.15) is 0 Å². The van der Waals surface area contributed by atoms with E-state index in [1.165, 1.54) is 9.79 Å². The Morgan fingerprint density at radius 1 is 0.879 bits per heavy atom. The molecule has 33 heavy (non-hydrogen) atoms. The number of piperidine rings is 1. The summed E-state index contributed by atoms with van der Waals surface area (Å²) in [5, 5.41) is 4.40. The fraction of sp³-hybridized carbons (Fsp3) is 0.231. The minimum atomic E-state index is 0. The molecule has 0 amide bonds. The summed E-state index contributed by atoms with van der Waals surface area (Å²) in [6.45, 7) is 2.12. The van der Waals surface area contributed by atoms with Gasteiger partial charge in [0.1, 0.15) is 24.0 Å². The number of nitrogens with zero attached hydrogens (tertiary/aromatic N) is 3. The number of hydrogen-bond donors (Lipinski definition) is 1. The summed E-state index contributed by atoms with van der Waals surface area (Å²) in [7, 11) is 2.16. The highest BCUT2D eigenvalue weighted by Gasteiger charge is 2.20. The van der Waals surface area contributed by atoms with Gasteiger partial charge in [0, 0.05) is 28.6 Å². The lowest BCUT2D eigenvalue weighted by Gasteiger charge is -2.29. The van der Waals surface area contributed by atoms with Crippen molar-refractivity contribution in [2.45, 2.75) is 28.7 Å². The van der Waals surface area contributed by atoms with Crippen molar-refractivity contribution in [2.75, 3.05) is 25.5 Å². The highest BCUT2D eigenvalue weighted by molar-refractivity contribution is 7.99. The van der Waals surface area contributed by atoms with Gasteiger partial charge in [-0.3, -0.25) is 0 Å². The van der Waals surface area contributed by atoms with E-state index < -0.39 is 0 Å². The average Bonchev–Trinajstić information content (AvgIpc) is 2.83. The molecule has 0 saturated carbocycles. The molecule has 3 aromatic carbocycles. The van der Waals surface area contributed by atoms with Gasteiger partial charge in [0.25, 0.3) is 0 Å². The van der Waals surface area contributed by atoms with Gasteiger partial charge in [-0.05, 0) is 68.4 Å². The molecule has 1 aromatic heterocycles. The number of anilines is 2. The Morgan fingerprint density at radius 2 is 1.61 bits per heavy atom. The van der Waals surface area contributed by atoms with Crippen LogP contribution in [0.2, 0.25) is 0 Å². The van der Waals surface area contributed by atoms with E-state index in [0.717, 1.165) is 54.1 Å². The van der Waals surface area contributed by atoms with E-state index >= 15 is 0 Å². The van der Waals surface area contributed by atoms with Crippen LogP contribution in [0.1, 0.15) is 12.8 Å². The number of nitrogens with one attached hydrogen (secondary N) is 1. The predicted octanol–water partition coefficient (Wildman–Crippen LogP) is 6.42. The first-order chi connectivity index (χ1) is 15.7. The number of likely N-dealkylation sites (tertiary alicyclic amines) is 1. The number of fused-ring (bicyclic) bond motifs is 1. The van der Waals surface area contributed by atoms with Crippen LogP contribution in [0.25, 0.3) is 10.9 Å². The van der Waals surface area contributed by atoms with E-state index in [1.807, 2.05) is 24.3 Å². The second kappa shape index (κ2) is 10.9. The number of aromatic nitrogens is 2. The normalized spacial score (nSPS) is 14.6. The Balaban J connectivity index is 0.00000259. The van der Waals surface area contributed by atoms with Crippen LogP contribution in [-0.2, 0) is 0 Å². The second-order valence-corrected chi connectivity index (χ2v) is 9.20. The van der Waals surface area contributed by atoms with Crippen molar-refractivity contribution in [1.29, 1.82) is 0 Å². The minimum Gasteiger partial charge on any atom is -0.489 e. The van der Waals surface area contributed by atoms with Crippen LogP contribution in [0.5, 0.6) is 5.75 Å². The molecule has 7 heteroatoms. The maximum absolute atomic E-state index is 6.43. The number of hydrogen-bond acceptors (Lipinski definition) is 6. The van der Waals surface area contributed by atoms with Gasteiger partial charge in [0.05, 0.1) is 10.9 Å². The molecule has 0 spiro atoms. The Bertz CT molecular complexity index is 1180. The number of ether oxygens (including phenoxy) is 1. The molecule has 0 bridgehead atoms. The van der Waals surface area contributed by atoms with Crippen molar-refractivity contribution in [3.05, 3.63) is 79.1 Å². The zero-order valence-electron chi connectivity index (χ0n) is 18.5. The lowest BCUT2D eigenvalue weighted by Crippen LogP contribution is -2.35. The predicted molar refractivity (Wildman–Crippen MR) is 138 cm³/mol. The number of halogens is 1. The van der Waals surface area contributed by atoms with Crippen molar-refractivity contribution in [1.82, 2.24) is 14.9 Å². The van der Waals surface area contributed by atoms with E-state index in [0.29, 0.717) is 0 Å². The van der Waals surface area contributed by atoms with Gasteiger partial charge in [0.15, 0.2) is 0 Å². The molecular formula is C26H27ClN4OS. The Morgan fingerprint density at radius 3 is 2.36 bits per heavy atom. The smallest absolute Gasteiger partial charge is 0.145 e. The van der Waals surface area contributed by atoms with Crippen molar-refractivity contribution < 1.29 is 4.74 Å². The van der Waals surface area contributed by atoms with Crippen molar-refractivity contribution in [3.63, 3.8) is 0 Å². The summed E-state index contributed by atoms with van der Waals surface area (Å²) in [6.07, 6.45) is 3.89. The summed E-state index contributed by atoms with van der Waals surface area (Å²) in [6, 6.07) is 24.8. The van der Waals surface area contributed by atoms with E-state index in [-0.39, 0.29) is 18.5 Å². The molecule has 0 unspecified atom stereocenters. The third-order valence-corrected chi connectivity index (χ3v) is 6.70. The van der Waals surface area contributed by atoms with Gasteiger partial charge in [-0.1, -0.05) is 36.0 Å². The lowest BCUT2D eigenvalue weighted by molar-refractivity contribution is 0.116. The van der Waals surface area contributed by atoms with Gasteiger partial charge in [0.2, 0.25) is 0 Å². The van der Waals surface area contributed by atoms with Crippen LogP contribution in [-0.4, -0.2) is 41.1 Å². The second-order valence-electron chi connectivity index (χ2n) is 8.06. The van der Waals surface area contributed by atoms with Crippen molar-refractivity contribution >= 4 is 46.6 Å². The Hall–Kier alpha value is -2.80. The molecule has 0 atom stereocenters. The fourth-order valence-electron chi connectivity index (χ4n) is 3.92. The molecule has 5 rings (SSSR count). The fourth-order valence-corrected chi connectivity index (χ4v) is 4.76. The molecule has 0 radical (unpaired) electrons. The topological polar surface area (TPSA) is 50.3 Å². The largest absolute Gasteiger partial charge is 0.489 e. The Labute approximate surface area is 205 Å². The molecule has 1 N–H and O–H groups in total. The summed E-state index contributed by atoms with van der Waals surface area (Å²) in [5.41, 5.74) is 1.86. The monoisotopic (exact) mass is 478 g/mol. The number of rotatable bonds is 6. The molecular weight excluding hydrogens is 452 g/mol. The Kier molecular flexibility index (Phi) is 7.70. The van der Waals surface area contributed by atoms with Crippen molar-refractivity contribution in [2.24, 2.45) is 0 Å². The van der Waals surface area contributed by atoms with Crippen molar-refractivity contribution in [3.8, 4) is 5.75 Å². The van der Waals surface area contributed by atoms with E-state index in [9.17, 15) is 0 Å². The lowest BCUT2D eigenvalue weighted by atomic mass is 10.1. The SMILES string of the molecule is CN1CCC(Oc2cccc3ncnc(Nc4ccc(Sc5ccccc5)cc4)c23)CC1.Cl. The van der Waals surface area contributed by atoms with Crippen LogP contribution in [0.4, 0.5) is 11.5 Å². The molecule has 1 aliphatic rings. The highest BCUT2D eigenvalue weighted by Crippen LogP contribution is 2.34. The van der Waals surface area contributed by atoms with E-state index in [1.54, 1.807) is 18.1 Å². The maximum atomic E-state index is 6.43. The maximum Gasteiger partial charge on any atom is 0.145 e. The first kappa shape index (κ1) is 23.4. The molecule has 0 aliphatic carbocycles. The first-order valence-corrected chi connectivity index (χ1v) is 11.8. The summed E-state index contributed by atoms with van der Waals surface area (Å²) in [5.74, 6) is 1.61. The molecule has 5 nitrogen and oxygen atoms in total. The van der Waals surface area contributed by atoms with Gasteiger partial charge >= 0.3 is 0 Å². The van der Waals surface area contributed by atoms with E-state index in [4.69, 9.17) is 4.74 Å². The van der Waals surface area contributed by atoms with Gasteiger partial charge in [-0.15, -0.1) is 12.4 Å². The van der Waals surface area contributed by atoms with Crippen LogP contribution in [0.3, 0.4) is 0 Å². The zero-order valence-corrected chi connectivity index (χ0v) is 20.1. The highest BCUT2D eigenvalue weighted by atomic mass is 35.5. The van der Waals surface area contributed by atoms with E-state index in [2.05, 4.69) is 75.8 Å². The summed E-state index contributed by atoms with van der Waals surface area (Å²) in [4.78, 5) is 13.8. The third kappa shape index (κ3) is 5.77. The molecule has 1 saturated heterocycles. The quantitative estimate of drug-likeness (QED) is 0.345. The average molecular weight is 479 g/mol. The molecule has 170 valence electrons. The molecule has 1 fully saturated rings. The summed E-state index contributed by atoms with van der Waals surface area (Å²) >= 11 is 1.75. The molecule has 2 heterocycles. The van der Waals surface area contributed by atoms with Crippen LogP contribution in [0.15, 0.2) is 88.9 Å². The zero-order chi connectivity index (χ0) is 21.8. The third-order valence-electron chi connectivity index (χ3n) is 5.68. The van der Waals surface area contributed by atoms with Gasteiger partial charge < -0.3 is 15.0 Å². The van der Waals surface area contributed by atoms with Crippen LogP contribution in [0, 0.1) is 0 Å². The minimum absolute atomic E-state index is 0. The van der Waals surface area contributed by atoms with Crippen LogP contribution < -0.4 is 10.1 Å². The molecule has 4 aromatic rings. The molecule has 1 aliphatic heterocycles. The summed E-state index contributed by atoms with van der Waals surface area (Å²) < 4.78 is 6.43. The first-order valence-electron chi connectivity index (χ1n) is 10.9. The van der Waals surface area contributed by atoms with Crippen LogP contribution >= 0.6 is 24.2 Å². The number of benzene rings is 3. The van der Waals surface area contributed by atoms with Gasteiger partial charge in [-0.25, -0.2) is 9.97 Å².